The molecule has 0 saturated carbocycles. The van der Waals surface area contributed by atoms with Crippen LogP contribution in [0.4, 0.5) is 0 Å². The van der Waals surface area contributed by atoms with E-state index in [2.05, 4.69) is 5.32 Å². The van der Waals surface area contributed by atoms with Crippen molar-refractivity contribution in [2.24, 2.45) is 11.8 Å². The molecule has 3 aromatic carbocycles. The molecule has 3 atom stereocenters. The Hall–Kier alpha value is -3.80. The fourth-order valence-corrected chi connectivity index (χ4v) is 5.74. The van der Waals surface area contributed by atoms with Crippen LogP contribution in [0.5, 0.6) is 23.0 Å². The molecule has 3 aromatic rings. The van der Waals surface area contributed by atoms with E-state index >= 15 is 0 Å². The third-order valence-corrected chi connectivity index (χ3v) is 8.22. The van der Waals surface area contributed by atoms with E-state index in [4.69, 9.17) is 23.5 Å². The molecule has 1 heterocycles. The van der Waals surface area contributed by atoms with Crippen molar-refractivity contribution in [3.05, 3.63) is 77.4 Å². The van der Waals surface area contributed by atoms with E-state index in [1.54, 1.807) is 46.6 Å². The lowest BCUT2D eigenvalue weighted by atomic mass is 9.75. The summed E-state index contributed by atoms with van der Waals surface area (Å²) in [5.41, 5.74) is 3.40. The molecule has 10 nitrogen and oxygen atoms in total. The average molecular weight is 602 g/mol. The normalized spacial score (nSPS) is 15.7. The molecule has 0 spiro atoms. The lowest BCUT2D eigenvalue weighted by Gasteiger charge is -2.37. The SMILES string of the molecule is COc1ccc(CC(C(C)CC(=O)O)C2NCCc3cc(OC)c(OC)cc32)cc1OC.O=S(=O)(O)c1ccccc1. The van der Waals surface area contributed by atoms with Crippen molar-refractivity contribution in [2.75, 3.05) is 35.0 Å². The molecule has 0 radical (unpaired) electrons. The lowest BCUT2D eigenvalue weighted by molar-refractivity contribution is -0.138. The molecule has 4 rings (SSSR count). The zero-order valence-corrected chi connectivity index (χ0v) is 25.3. The minimum absolute atomic E-state index is 0.0130. The summed E-state index contributed by atoms with van der Waals surface area (Å²) in [6.45, 7) is 2.83. The Balaban J connectivity index is 0.000000408. The lowest BCUT2D eigenvalue weighted by Crippen LogP contribution is -2.38. The summed E-state index contributed by atoms with van der Waals surface area (Å²) in [5, 5.41) is 13.1. The van der Waals surface area contributed by atoms with E-state index in [-0.39, 0.29) is 29.2 Å². The summed E-state index contributed by atoms with van der Waals surface area (Å²) < 4.78 is 51.1. The molecule has 1 aliphatic heterocycles. The Morgan fingerprint density at radius 1 is 0.905 bits per heavy atom. The number of fused-ring (bicyclic) bond motifs is 1. The molecule has 0 aromatic heterocycles. The van der Waals surface area contributed by atoms with Gasteiger partial charge < -0.3 is 29.4 Å². The number of methoxy groups -OCH3 is 4. The minimum Gasteiger partial charge on any atom is -0.493 e. The van der Waals surface area contributed by atoms with E-state index < -0.39 is 16.1 Å². The molecule has 0 aliphatic carbocycles. The largest absolute Gasteiger partial charge is 0.493 e. The molecular weight excluding hydrogens is 562 g/mol. The van der Waals surface area contributed by atoms with E-state index in [1.807, 2.05) is 37.3 Å². The van der Waals surface area contributed by atoms with Crippen molar-refractivity contribution < 1.29 is 41.8 Å². The maximum absolute atomic E-state index is 11.6. The Labute approximate surface area is 247 Å². The Morgan fingerprint density at radius 2 is 1.50 bits per heavy atom. The molecular formula is C31H39NO9S. The first-order chi connectivity index (χ1) is 20.0. The van der Waals surface area contributed by atoms with Crippen molar-refractivity contribution in [1.29, 1.82) is 0 Å². The van der Waals surface area contributed by atoms with Gasteiger partial charge in [-0.25, -0.2) is 0 Å². The highest BCUT2D eigenvalue weighted by Gasteiger charge is 2.33. The van der Waals surface area contributed by atoms with Crippen molar-refractivity contribution in [3.8, 4) is 23.0 Å². The summed E-state index contributed by atoms with van der Waals surface area (Å²) >= 11 is 0. The number of carboxylic acids is 1. The standard InChI is InChI=1S/C25H33NO6.C6H6O3S/c1-15(10-24(27)28)18(11-16-6-7-20(29-2)21(12-16)30-3)25-19-14-23(32-5)22(31-4)13-17(19)8-9-26-25;7-10(8,9)6-4-2-1-3-5-6/h6-7,12-15,18,25-26H,8-11H2,1-5H3,(H,27,28);1-5H,(H,7,8,9). The van der Waals surface area contributed by atoms with Crippen molar-refractivity contribution in [1.82, 2.24) is 5.32 Å². The quantitative estimate of drug-likeness (QED) is 0.262. The summed E-state index contributed by atoms with van der Waals surface area (Å²) in [5.74, 6) is 1.91. The summed E-state index contributed by atoms with van der Waals surface area (Å²) in [4.78, 5) is 11.5. The highest BCUT2D eigenvalue weighted by Crippen LogP contribution is 2.41. The number of benzene rings is 3. The van der Waals surface area contributed by atoms with Gasteiger partial charge >= 0.3 is 5.97 Å². The van der Waals surface area contributed by atoms with Gasteiger partial charge in [-0.1, -0.05) is 31.2 Å². The number of nitrogens with one attached hydrogen (secondary N) is 1. The minimum atomic E-state index is -4.00. The van der Waals surface area contributed by atoms with Crippen molar-refractivity contribution in [3.63, 3.8) is 0 Å². The van der Waals surface area contributed by atoms with Crippen molar-refractivity contribution in [2.45, 2.75) is 37.1 Å². The van der Waals surface area contributed by atoms with Crippen LogP contribution in [-0.4, -0.2) is 59.0 Å². The first-order valence-corrected chi connectivity index (χ1v) is 14.9. The van der Waals surface area contributed by atoms with Gasteiger partial charge in [0, 0.05) is 12.5 Å². The molecule has 0 fully saturated rings. The van der Waals surface area contributed by atoms with Crippen LogP contribution in [0.3, 0.4) is 0 Å². The number of hydrogen-bond acceptors (Lipinski definition) is 8. The summed E-state index contributed by atoms with van der Waals surface area (Å²) in [7, 11) is 2.49. The van der Waals surface area contributed by atoms with Crippen LogP contribution in [0.15, 0.2) is 65.6 Å². The Kier molecular flexibility index (Phi) is 11.6. The number of rotatable bonds is 11. The predicted molar refractivity (Wildman–Crippen MR) is 158 cm³/mol. The van der Waals surface area contributed by atoms with Gasteiger partial charge in [-0.15, -0.1) is 0 Å². The smallest absolute Gasteiger partial charge is 0.303 e. The highest BCUT2D eigenvalue weighted by atomic mass is 32.2. The molecule has 3 unspecified atom stereocenters. The number of aliphatic carboxylic acids is 1. The number of ether oxygens (including phenoxy) is 4. The number of hydrogen-bond donors (Lipinski definition) is 3. The first kappa shape index (κ1) is 32.7. The number of carboxylic acid groups (broad SMARTS) is 1. The van der Waals surface area contributed by atoms with E-state index in [0.29, 0.717) is 29.4 Å². The highest BCUT2D eigenvalue weighted by molar-refractivity contribution is 7.85. The van der Waals surface area contributed by atoms with Gasteiger partial charge in [0.1, 0.15) is 0 Å². The van der Waals surface area contributed by atoms with E-state index in [9.17, 15) is 18.3 Å². The first-order valence-electron chi connectivity index (χ1n) is 13.5. The fourth-order valence-electron chi connectivity index (χ4n) is 5.24. The molecule has 0 amide bonds. The molecule has 0 saturated heterocycles. The second-order valence-corrected chi connectivity index (χ2v) is 11.4. The number of carbonyl (C=O) groups is 1. The van der Waals surface area contributed by atoms with Crippen LogP contribution >= 0.6 is 0 Å². The van der Waals surface area contributed by atoms with Gasteiger partial charge in [0.2, 0.25) is 0 Å². The monoisotopic (exact) mass is 601 g/mol. The fraction of sp³-hybridized carbons (Fsp3) is 0.387. The topological polar surface area (TPSA) is 141 Å². The third kappa shape index (κ3) is 8.37. The Bertz CT molecular complexity index is 1440. The van der Waals surface area contributed by atoms with Gasteiger partial charge in [-0.3, -0.25) is 9.35 Å². The second-order valence-electron chi connectivity index (χ2n) is 10.0. The molecule has 0 bridgehead atoms. The van der Waals surface area contributed by atoms with Gasteiger partial charge in [0.05, 0.1) is 33.3 Å². The maximum atomic E-state index is 11.6. The van der Waals surface area contributed by atoms with Crippen molar-refractivity contribution >= 4 is 16.1 Å². The third-order valence-electron chi connectivity index (χ3n) is 7.36. The Morgan fingerprint density at radius 3 is 2.05 bits per heavy atom. The van der Waals surface area contributed by atoms with Gasteiger partial charge in [-0.2, -0.15) is 8.42 Å². The maximum Gasteiger partial charge on any atom is 0.303 e. The van der Waals surface area contributed by atoms with Crippen LogP contribution in [0.1, 0.15) is 36.1 Å². The van der Waals surface area contributed by atoms with Gasteiger partial charge in [0.15, 0.2) is 23.0 Å². The van der Waals surface area contributed by atoms with Crippen LogP contribution in [0.2, 0.25) is 0 Å². The van der Waals surface area contributed by atoms with Gasteiger partial charge in [0.25, 0.3) is 10.1 Å². The van der Waals surface area contributed by atoms with Crippen LogP contribution in [0, 0.1) is 11.8 Å². The summed E-state index contributed by atoms with van der Waals surface area (Å²) in [6, 6.07) is 17.4. The summed E-state index contributed by atoms with van der Waals surface area (Å²) in [6.07, 6.45) is 1.67. The van der Waals surface area contributed by atoms with E-state index in [1.165, 1.54) is 17.7 Å². The molecule has 1 aliphatic rings. The molecule has 42 heavy (non-hydrogen) atoms. The molecule has 228 valence electrons. The second kappa shape index (κ2) is 14.9. The average Bonchev–Trinajstić information content (AvgIpc) is 2.98. The zero-order chi connectivity index (χ0) is 30.9. The van der Waals surface area contributed by atoms with Crippen LogP contribution in [-0.2, 0) is 27.8 Å². The van der Waals surface area contributed by atoms with E-state index in [0.717, 1.165) is 24.1 Å². The van der Waals surface area contributed by atoms with Gasteiger partial charge in [-0.05, 0) is 84.3 Å². The van der Waals surface area contributed by atoms with Crippen LogP contribution in [0.25, 0.3) is 0 Å². The zero-order valence-electron chi connectivity index (χ0n) is 24.5. The molecule has 11 heteroatoms. The predicted octanol–water partition coefficient (Wildman–Crippen LogP) is 4.81. The van der Waals surface area contributed by atoms with Crippen LogP contribution < -0.4 is 24.3 Å². The molecule has 3 N–H and O–H groups in total.